The first-order valence-corrected chi connectivity index (χ1v) is 10.2. The minimum atomic E-state index is -0.0333. The van der Waals surface area contributed by atoms with Crippen LogP contribution in [0, 0.1) is 0 Å². The van der Waals surface area contributed by atoms with Crippen molar-refractivity contribution < 1.29 is 9.53 Å². The summed E-state index contributed by atoms with van der Waals surface area (Å²) in [5.41, 5.74) is 8.20. The maximum absolute atomic E-state index is 12.9. The van der Waals surface area contributed by atoms with Gasteiger partial charge in [0.25, 0.3) is 5.91 Å². The highest BCUT2D eigenvalue weighted by molar-refractivity contribution is 5.94. The third-order valence-electron chi connectivity index (χ3n) is 5.55. The van der Waals surface area contributed by atoms with E-state index in [0.717, 1.165) is 25.4 Å². The summed E-state index contributed by atoms with van der Waals surface area (Å²) in [6, 6.07) is 17.6. The first-order valence-electron chi connectivity index (χ1n) is 10.2. The van der Waals surface area contributed by atoms with E-state index in [9.17, 15) is 4.79 Å². The number of likely N-dealkylation sites (N-methyl/N-ethyl adjacent to an activating group) is 1. The van der Waals surface area contributed by atoms with Gasteiger partial charge in [0.15, 0.2) is 0 Å². The molecule has 166 valence electrons. The normalized spacial score (nSPS) is 17.9. The Hall–Kier alpha value is -1.79. The maximum atomic E-state index is 12.9. The minimum Gasteiger partial charge on any atom is -0.492 e. The zero-order valence-corrected chi connectivity index (χ0v) is 19.3. The molecule has 0 radical (unpaired) electrons. The van der Waals surface area contributed by atoms with Crippen molar-refractivity contribution in [1.29, 1.82) is 0 Å². The van der Waals surface area contributed by atoms with E-state index in [-0.39, 0.29) is 42.7 Å². The molecule has 0 aliphatic carbocycles. The Morgan fingerprint density at radius 3 is 2.27 bits per heavy atom. The third kappa shape index (κ3) is 6.61. The fraction of sp³-hybridized carbons (Fsp3) is 0.435. The van der Waals surface area contributed by atoms with E-state index in [1.807, 2.05) is 47.4 Å². The Morgan fingerprint density at radius 1 is 1.03 bits per heavy atom. The van der Waals surface area contributed by atoms with Crippen molar-refractivity contribution in [2.24, 2.45) is 5.73 Å². The van der Waals surface area contributed by atoms with Gasteiger partial charge in [-0.2, -0.15) is 0 Å². The van der Waals surface area contributed by atoms with Crippen LogP contribution in [0.2, 0.25) is 0 Å². The maximum Gasteiger partial charge on any atom is 0.253 e. The van der Waals surface area contributed by atoms with Crippen LogP contribution in [-0.4, -0.2) is 61.1 Å². The number of nitrogens with zero attached hydrogens (tertiary/aromatic N) is 2. The van der Waals surface area contributed by atoms with Gasteiger partial charge in [-0.15, -0.1) is 24.8 Å². The average Bonchev–Trinajstić information content (AvgIpc) is 3.13. The molecule has 1 saturated heterocycles. The number of likely N-dealkylation sites (tertiary alicyclic amines) is 1. The number of halogens is 2. The van der Waals surface area contributed by atoms with Gasteiger partial charge in [-0.05, 0) is 42.9 Å². The van der Waals surface area contributed by atoms with Gasteiger partial charge < -0.3 is 20.3 Å². The molecule has 30 heavy (non-hydrogen) atoms. The monoisotopic (exact) mass is 453 g/mol. The second kappa shape index (κ2) is 12.8. The summed E-state index contributed by atoms with van der Waals surface area (Å²) in [6.45, 7) is 9.14. The summed E-state index contributed by atoms with van der Waals surface area (Å²) in [5, 5.41) is 0. The Balaban J connectivity index is 0.00000225. The molecule has 2 aromatic rings. The molecule has 5 nitrogen and oxygen atoms in total. The largest absolute Gasteiger partial charge is 0.492 e. The highest BCUT2D eigenvalue weighted by atomic mass is 35.5. The zero-order valence-electron chi connectivity index (χ0n) is 17.7. The smallest absolute Gasteiger partial charge is 0.253 e. The summed E-state index contributed by atoms with van der Waals surface area (Å²) in [6.07, 6.45) is 0. The molecule has 1 aliphatic rings. The van der Waals surface area contributed by atoms with Gasteiger partial charge in [0.2, 0.25) is 0 Å². The number of nitrogens with two attached hydrogens (primary N) is 1. The number of ether oxygens (including phenoxy) is 1. The third-order valence-corrected chi connectivity index (χ3v) is 5.55. The van der Waals surface area contributed by atoms with E-state index in [0.29, 0.717) is 25.3 Å². The lowest BCUT2D eigenvalue weighted by atomic mass is 9.95. The van der Waals surface area contributed by atoms with Crippen molar-refractivity contribution >= 4 is 30.7 Å². The Kier molecular flexibility index (Phi) is 11.2. The fourth-order valence-electron chi connectivity index (χ4n) is 3.76. The molecule has 0 unspecified atom stereocenters. The predicted octanol–water partition coefficient (Wildman–Crippen LogP) is 3.82. The van der Waals surface area contributed by atoms with Gasteiger partial charge in [0, 0.05) is 37.2 Å². The number of hydrogen-bond donors (Lipinski definition) is 1. The molecular weight excluding hydrogens is 421 g/mol. The lowest BCUT2D eigenvalue weighted by Gasteiger charge is -2.18. The summed E-state index contributed by atoms with van der Waals surface area (Å²) < 4.78 is 5.81. The molecule has 0 aromatic heterocycles. The Bertz CT molecular complexity index is 755. The van der Waals surface area contributed by atoms with Crippen molar-refractivity contribution in [2.45, 2.75) is 25.8 Å². The molecule has 1 heterocycles. The lowest BCUT2D eigenvalue weighted by molar-refractivity contribution is 0.0789. The minimum absolute atomic E-state index is 0. The molecule has 1 aliphatic heterocycles. The van der Waals surface area contributed by atoms with Crippen molar-refractivity contribution in [3.05, 3.63) is 65.7 Å². The molecule has 2 aromatic carbocycles. The molecule has 2 atom stereocenters. The van der Waals surface area contributed by atoms with Crippen molar-refractivity contribution in [2.75, 3.05) is 39.3 Å². The van der Waals surface area contributed by atoms with E-state index in [4.69, 9.17) is 10.5 Å². The van der Waals surface area contributed by atoms with E-state index in [1.54, 1.807) is 0 Å². The quantitative estimate of drug-likeness (QED) is 0.659. The number of carbonyl (C=O) groups is 1. The number of benzene rings is 2. The lowest BCUT2D eigenvalue weighted by Crippen LogP contribution is -2.32. The van der Waals surface area contributed by atoms with Crippen molar-refractivity contribution in [1.82, 2.24) is 9.80 Å². The Labute approximate surface area is 192 Å². The van der Waals surface area contributed by atoms with Crippen LogP contribution in [0.1, 0.15) is 35.7 Å². The summed E-state index contributed by atoms with van der Waals surface area (Å²) in [4.78, 5) is 17.1. The molecule has 1 fully saturated rings. The summed E-state index contributed by atoms with van der Waals surface area (Å²) >= 11 is 0. The van der Waals surface area contributed by atoms with Crippen LogP contribution in [-0.2, 0) is 0 Å². The second-order valence-electron chi connectivity index (χ2n) is 7.29. The van der Waals surface area contributed by atoms with Gasteiger partial charge in [-0.3, -0.25) is 4.79 Å². The van der Waals surface area contributed by atoms with Gasteiger partial charge in [-0.25, -0.2) is 0 Å². The molecule has 0 saturated carbocycles. The topological polar surface area (TPSA) is 58.8 Å². The highest BCUT2D eigenvalue weighted by Crippen LogP contribution is 2.27. The second-order valence-corrected chi connectivity index (χ2v) is 7.29. The highest BCUT2D eigenvalue weighted by Gasteiger charge is 2.34. The Morgan fingerprint density at radius 2 is 1.67 bits per heavy atom. The van der Waals surface area contributed by atoms with Gasteiger partial charge >= 0.3 is 0 Å². The summed E-state index contributed by atoms with van der Waals surface area (Å²) in [5.74, 6) is 1.01. The van der Waals surface area contributed by atoms with Crippen LogP contribution >= 0.6 is 24.8 Å². The molecule has 7 heteroatoms. The predicted molar refractivity (Wildman–Crippen MR) is 127 cm³/mol. The summed E-state index contributed by atoms with van der Waals surface area (Å²) in [7, 11) is 0. The van der Waals surface area contributed by atoms with Crippen LogP contribution in [0.5, 0.6) is 5.75 Å². The van der Waals surface area contributed by atoms with Gasteiger partial charge in [0.1, 0.15) is 12.4 Å². The number of hydrogen-bond acceptors (Lipinski definition) is 4. The standard InChI is InChI=1S/C23H31N3O2.2ClH/c1-3-25(4-2)14-15-28-20-12-10-19(11-13-20)23(27)26-16-21(22(24)17-26)18-8-6-5-7-9-18;;/h5-13,21-22H,3-4,14-17,24H2,1-2H3;2*1H/t21-,22+;;/m0../s1. The van der Waals surface area contributed by atoms with Gasteiger partial charge in [-0.1, -0.05) is 44.2 Å². The molecule has 1 amide bonds. The zero-order chi connectivity index (χ0) is 19.9. The average molecular weight is 454 g/mol. The van der Waals surface area contributed by atoms with E-state index < -0.39 is 0 Å². The number of carbonyl (C=O) groups excluding carboxylic acids is 1. The van der Waals surface area contributed by atoms with Crippen molar-refractivity contribution in [3.63, 3.8) is 0 Å². The van der Waals surface area contributed by atoms with Crippen LogP contribution in [0.3, 0.4) is 0 Å². The molecule has 0 spiro atoms. The molecular formula is C23H33Cl2N3O2. The number of rotatable bonds is 8. The van der Waals surface area contributed by atoms with E-state index >= 15 is 0 Å². The van der Waals surface area contributed by atoms with Crippen LogP contribution in [0.4, 0.5) is 0 Å². The first-order chi connectivity index (χ1) is 13.6. The molecule has 0 bridgehead atoms. The fourth-order valence-corrected chi connectivity index (χ4v) is 3.76. The van der Waals surface area contributed by atoms with E-state index in [1.165, 1.54) is 5.56 Å². The molecule has 2 N–H and O–H groups in total. The van der Waals surface area contributed by atoms with Crippen LogP contribution in [0.25, 0.3) is 0 Å². The van der Waals surface area contributed by atoms with Gasteiger partial charge in [0.05, 0.1) is 0 Å². The number of amides is 1. The SMILES string of the molecule is CCN(CC)CCOc1ccc(C(=O)N2C[C@@H](N)[C@H](c3ccccc3)C2)cc1.Cl.Cl. The first kappa shape index (κ1) is 26.2. The van der Waals surface area contributed by atoms with Crippen LogP contribution in [0.15, 0.2) is 54.6 Å². The molecule has 3 rings (SSSR count). The van der Waals surface area contributed by atoms with E-state index in [2.05, 4.69) is 30.9 Å². The van der Waals surface area contributed by atoms with Crippen molar-refractivity contribution in [3.8, 4) is 5.75 Å². The van der Waals surface area contributed by atoms with Crippen LogP contribution < -0.4 is 10.5 Å².